The quantitative estimate of drug-likeness (QED) is 0.426. The molecule has 0 spiro atoms. The number of carboxylic acid groups (broad SMARTS) is 1. The van der Waals surface area contributed by atoms with Crippen LogP contribution in [0.3, 0.4) is 0 Å². The molecule has 0 bridgehead atoms. The van der Waals surface area contributed by atoms with Crippen molar-refractivity contribution in [3.8, 4) is 0 Å². The van der Waals surface area contributed by atoms with Gasteiger partial charge in [-0.1, -0.05) is 17.8 Å². The molecule has 2 aliphatic heterocycles. The highest BCUT2D eigenvalue weighted by atomic mass is 32.2. The van der Waals surface area contributed by atoms with E-state index in [9.17, 15) is 24.3 Å². The van der Waals surface area contributed by atoms with Gasteiger partial charge in [-0.25, -0.2) is 9.59 Å². The summed E-state index contributed by atoms with van der Waals surface area (Å²) in [7, 11) is 1.22. The number of carbonyl (C=O) groups is 4. The summed E-state index contributed by atoms with van der Waals surface area (Å²) in [6.45, 7) is 1.53. The van der Waals surface area contributed by atoms with Gasteiger partial charge in [-0.3, -0.25) is 14.5 Å². The number of ether oxygens (including phenoxy) is 1. The molecule has 2 N–H and O–H groups in total. The number of fused-ring (bicyclic) bond motifs is 1. The fourth-order valence-corrected chi connectivity index (χ4v) is 4.88. The van der Waals surface area contributed by atoms with E-state index in [1.165, 1.54) is 31.4 Å². The molecule has 3 rings (SSSR count). The zero-order valence-corrected chi connectivity index (χ0v) is 16.1. The molecule has 0 aromatic carbocycles. The summed E-state index contributed by atoms with van der Waals surface area (Å²) in [5, 5.41) is 13.4. The van der Waals surface area contributed by atoms with Crippen molar-refractivity contribution in [1.82, 2.24) is 10.2 Å². The Bertz CT molecular complexity index is 874. The monoisotopic (exact) mass is 408 g/mol. The molecule has 1 aromatic rings. The number of esters is 1. The van der Waals surface area contributed by atoms with Crippen molar-refractivity contribution >= 4 is 46.9 Å². The minimum absolute atomic E-state index is 0.143. The number of thiophene rings is 1. The number of hydrogen-bond acceptors (Lipinski definition) is 7. The molecule has 2 atom stereocenters. The third kappa shape index (κ3) is 3.62. The van der Waals surface area contributed by atoms with E-state index in [1.807, 2.05) is 17.5 Å². The Morgan fingerprint density at radius 2 is 2.15 bits per heavy atom. The predicted molar refractivity (Wildman–Crippen MR) is 98.6 cm³/mol. The molecule has 2 unspecified atom stereocenters. The maximum Gasteiger partial charge on any atom is 0.352 e. The molecule has 8 nitrogen and oxygen atoms in total. The van der Waals surface area contributed by atoms with Gasteiger partial charge >= 0.3 is 11.9 Å². The first-order valence-corrected chi connectivity index (χ1v) is 9.65. The first kappa shape index (κ1) is 19.2. The summed E-state index contributed by atoms with van der Waals surface area (Å²) in [6.07, 6.45) is 1.33. The van der Waals surface area contributed by atoms with Crippen LogP contribution in [0.15, 0.2) is 39.8 Å². The Balaban J connectivity index is 1.82. The van der Waals surface area contributed by atoms with Crippen molar-refractivity contribution < 1.29 is 29.0 Å². The summed E-state index contributed by atoms with van der Waals surface area (Å²) in [5.74, 6) is -2.71. The molecule has 142 valence electrons. The van der Waals surface area contributed by atoms with Crippen molar-refractivity contribution in [3.05, 3.63) is 44.6 Å². The van der Waals surface area contributed by atoms with Crippen LogP contribution in [-0.2, 0) is 30.3 Å². The zero-order chi connectivity index (χ0) is 19.7. The number of carboxylic acids is 1. The van der Waals surface area contributed by atoms with E-state index in [0.29, 0.717) is 10.5 Å². The van der Waals surface area contributed by atoms with E-state index in [2.05, 4.69) is 10.1 Å². The van der Waals surface area contributed by atoms with Gasteiger partial charge < -0.3 is 15.2 Å². The van der Waals surface area contributed by atoms with Crippen LogP contribution in [0.1, 0.15) is 11.8 Å². The standard InChI is InChI=1S/C17H16N2O6S2/c1-8-10(7-12(21)25-2)27-16-13(15(22)19(16)14(8)17(23)24)18-11(20)6-9-4-3-5-26-9/h3-5,7,13,16H,6H2,1-2H3,(H,18,20)(H,23,24)/b10-7+. The first-order valence-electron chi connectivity index (χ1n) is 7.89. The van der Waals surface area contributed by atoms with Gasteiger partial charge in [0.1, 0.15) is 17.1 Å². The van der Waals surface area contributed by atoms with E-state index in [4.69, 9.17) is 0 Å². The maximum absolute atomic E-state index is 12.5. The minimum atomic E-state index is -1.27. The molecule has 0 aliphatic carbocycles. The van der Waals surface area contributed by atoms with Crippen LogP contribution >= 0.6 is 23.1 Å². The van der Waals surface area contributed by atoms with Crippen LogP contribution in [0.5, 0.6) is 0 Å². The molecule has 3 heterocycles. The number of nitrogens with zero attached hydrogens (tertiary/aromatic N) is 1. The van der Waals surface area contributed by atoms with Crippen LogP contribution in [0.25, 0.3) is 0 Å². The smallest absolute Gasteiger partial charge is 0.352 e. The molecule has 1 aromatic heterocycles. The number of carbonyl (C=O) groups excluding carboxylic acids is 3. The van der Waals surface area contributed by atoms with Gasteiger partial charge in [0.15, 0.2) is 0 Å². The number of hydrogen-bond donors (Lipinski definition) is 2. The number of rotatable bonds is 5. The lowest BCUT2D eigenvalue weighted by Gasteiger charge is -2.49. The molecule has 10 heteroatoms. The maximum atomic E-state index is 12.5. The Morgan fingerprint density at radius 3 is 2.74 bits per heavy atom. The lowest BCUT2D eigenvalue weighted by Crippen LogP contribution is -2.70. The number of amides is 2. The second kappa shape index (κ2) is 7.57. The normalized spacial score (nSPS) is 23.0. The van der Waals surface area contributed by atoms with Gasteiger partial charge in [-0.15, -0.1) is 11.3 Å². The van der Waals surface area contributed by atoms with Crippen LogP contribution < -0.4 is 5.32 Å². The van der Waals surface area contributed by atoms with Crippen LogP contribution in [0.4, 0.5) is 0 Å². The summed E-state index contributed by atoms with van der Waals surface area (Å²) < 4.78 is 4.60. The van der Waals surface area contributed by atoms with E-state index in [-0.39, 0.29) is 18.0 Å². The van der Waals surface area contributed by atoms with Crippen molar-refractivity contribution in [1.29, 1.82) is 0 Å². The van der Waals surface area contributed by atoms with Crippen LogP contribution in [0, 0.1) is 0 Å². The fourth-order valence-electron chi connectivity index (χ4n) is 2.84. The van der Waals surface area contributed by atoms with Crippen molar-refractivity contribution in [2.75, 3.05) is 7.11 Å². The molecule has 27 heavy (non-hydrogen) atoms. The molecule has 1 saturated heterocycles. The SMILES string of the molecule is COC(=O)/C=C1/SC2C(NC(=O)Cc3cccs3)C(=O)N2C(C(=O)O)=C1C. The number of aliphatic carboxylic acids is 1. The van der Waals surface area contributed by atoms with E-state index in [1.54, 1.807) is 0 Å². The van der Waals surface area contributed by atoms with E-state index >= 15 is 0 Å². The molecule has 1 fully saturated rings. The molecular weight excluding hydrogens is 392 g/mol. The summed E-state index contributed by atoms with van der Waals surface area (Å²) in [4.78, 5) is 50.3. The van der Waals surface area contributed by atoms with Crippen molar-refractivity contribution in [2.45, 2.75) is 24.8 Å². The van der Waals surface area contributed by atoms with E-state index < -0.39 is 29.3 Å². The van der Waals surface area contributed by atoms with Gasteiger partial charge in [0.05, 0.1) is 13.5 Å². The topological polar surface area (TPSA) is 113 Å². The third-order valence-electron chi connectivity index (χ3n) is 4.14. The average Bonchev–Trinajstić information content (AvgIpc) is 3.13. The second-order valence-electron chi connectivity index (χ2n) is 5.83. The zero-order valence-electron chi connectivity index (χ0n) is 14.4. The highest BCUT2D eigenvalue weighted by Crippen LogP contribution is 2.46. The van der Waals surface area contributed by atoms with Crippen LogP contribution in [0.2, 0.25) is 0 Å². The second-order valence-corrected chi connectivity index (χ2v) is 8.02. The first-order chi connectivity index (χ1) is 12.8. The third-order valence-corrected chi connectivity index (χ3v) is 6.42. The summed E-state index contributed by atoms with van der Waals surface area (Å²) in [6, 6.07) is 2.79. The molecule has 0 radical (unpaired) electrons. The fraction of sp³-hybridized carbons (Fsp3) is 0.294. The Labute approximate surface area is 162 Å². The van der Waals surface area contributed by atoms with Gasteiger partial charge in [-0.05, 0) is 23.9 Å². The molecule has 2 aliphatic rings. The van der Waals surface area contributed by atoms with E-state index in [0.717, 1.165) is 21.5 Å². The van der Waals surface area contributed by atoms with Crippen LogP contribution in [-0.4, -0.2) is 52.3 Å². The van der Waals surface area contributed by atoms with Gasteiger partial charge in [0.25, 0.3) is 5.91 Å². The summed E-state index contributed by atoms with van der Waals surface area (Å²) >= 11 is 2.58. The number of thioether (sulfide) groups is 1. The Hall–Kier alpha value is -2.59. The Kier molecular flexibility index (Phi) is 5.38. The number of allylic oxidation sites excluding steroid dienone is 1. The lowest BCUT2D eigenvalue weighted by atomic mass is 10.0. The average molecular weight is 408 g/mol. The van der Waals surface area contributed by atoms with Gasteiger partial charge in [-0.2, -0.15) is 0 Å². The summed E-state index contributed by atoms with van der Waals surface area (Å²) in [5.41, 5.74) is 0.105. The van der Waals surface area contributed by atoms with Crippen molar-refractivity contribution in [2.24, 2.45) is 0 Å². The largest absolute Gasteiger partial charge is 0.477 e. The van der Waals surface area contributed by atoms with Crippen molar-refractivity contribution in [3.63, 3.8) is 0 Å². The number of nitrogens with one attached hydrogen (secondary N) is 1. The highest BCUT2D eigenvalue weighted by Gasteiger charge is 2.54. The number of β-lactam (4-membered cyclic amide) rings is 1. The number of methoxy groups -OCH3 is 1. The molecule has 2 amide bonds. The lowest BCUT2D eigenvalue weighted by molar-refractivity contribution is -0.150. The van der Waals surface area contributed by atoms with Gasteiger partial charge in [0.2, 0.25) is 5.91 Å². The van der Waals surface area contributed by atoms with Gasteiger partial charge in [0, 0.05) is 15.9 Å². The predicted octanol–water partition coefficient (Wildman–Crippen LogP) is 1.11. The minimum Gasteiger partial charge on any atom is -0.477 e. The Morgan fingerprint density at radius 1 is 1.41 bits per heavy atom. The molecule has 0 saturated carbocycles. The molecular formula is C17H16N2O6S2. The highest BCUT2D eigenvalue weighted by molar-refractivity contribution is 8.04.